The van der Waals surface area contributed by atoms with Gasteiger partial charge in [-0.15, -0.1) is 11.3 Å². The number of amides is 1. The quantitative estimate of drug-likeness (QED) is 0.571. The van der Waals surface area contributed by atoms with Gasteiger partial charge in [-0.3, -0.25) is 4.79 Å². The second-order valence-corrected chi connectivity index (χ2v) is 9.97. The Morgan fingerprint density at radius 1 is 1.33 bits per heavy atom. The van der Waals surface area contributed by atoms with E-state index in [1.807, 2.05) is 11.4 Å². The fourth-order valence-electron chi connectivity index (χ4n) is 2.42. The van der Waals surface area contributed by atoms with Crippen LogP contribution in [0.1, 0.15) is 28.1 Å². The van der Waals surface area contributed by atoms with Gasteiger partial charge in [-0.2, -0.15) is 11.8 Å². The number of ether oxygens (including phenoxy) is 1. The minimum Gasteiger partial charge on any atom is -0.495 e. The molecule has 0 aliphatic heterocycles. The molecule has 2 aromatic rings. The van der Waals surface area contributed by atoms with Crippen molar-refractivity contribution < 1.29 is 17.9 Å². The van der Waals surface area contributed by atoms with Crippen LogP contribution in [0.25, 0.3) is 0 Å². The molecule has 0 unspecified atom stereocenters. The Labute approximate surface area is 167 Å². The van der Waals surface area contributed by atoms with Crippen LogP contribution in [0.15, 0.2) is 40.6 Å². The van der Waals surface area contributed by atoms with Crippen molar-refractivity contribution in [2.45, 2.75) is 29.5 Å². The topological polar surface area (TPSA) is 84.5 Å². The highest BCUT2D eigenvalue weighted by molar-refractivity contribution is 7.98. The summed E-state index contributed by atoms with van der Waals surface area (Å²) in [6, 6.07) is 8.56. The molecule has 3 rings (SSSR count). The SMILES string of the molecule is COc1ccc(C(=O)NCCSCc2cccs2)cc1S(=O)(=O)NC1CC1. The van der Waals surface area contributed by atoms with E-state index >= 15 is 0 Å². The van der Waals surface area contributed by atoms with Crippen molar-refractivity contribution in [1.29, 1.82) is 0 Å². The minimum absolute atomic E-state index is 0.00313. The molecule has 1 fully saturated rings. The second kappa shape index (κ2) is 9.09. The summed E-state index contributed by atoms with van der Waals surface area (Å²) >= 11 is 3.46. The summed E-state index contributed by atoms with van der Waals surface area (Å²) in [5.74, 6) is 1.64. The number of carbonyl (C=O) groups excluding carboxylic acids is 1. The molecular weight excluding hydrogens is 404 g/mol. The fraction of sp³-hybridized carbons (Fsp3) is 0.389. The van der Waals surface area contributed by atoms with E-state index in [0.717, 1.165) is 24.3 Å². The van der Waals surface area contributed by atoms with E-state index in [2.05, 4.69) is 16.1 Å². The van der Waals surface area contributed by atoms with Gasteiger partial charge in [0.2, 0.25) is 10.0 Å². The van der Waals surface area contributed by atoms with Crippen molar-refractivity contribution in [3.8, 4) is 5.75 Å². The number of sulfonamides is 1. The van der Waals surface area contributed by atoms with Crippen LogP contribution in [0.5, 0.6) is 5.75 Å². The number of carbonyl (C=O) groups is 1. The molecule has 0 bridgehead atoms. The highest BCUT2D eigenvalue weighted by Gasteiger charge is 2.30. The van der Waals surface area contributed by atoms with Crippen LogP contribution in [0.3, 0.4) is 0 Å². The molecule has 0 atom stereocenters. The van der Waals surface area contributed by atoms with Crippen molar-refractivity contribution in [2.75, 3.05) is 19.4 Å². The lowest BCUT2D eigenvalue weighted by Gasteiger charge is -2.12. The molecule has 9 heteroatoms. The summed E-state index contributed by atoms with van der Waals surface area (Å²) in [5.41, 5.74) is 0.301. The van der Waals surface area contributed by atoms with Gasteiger partial charge in [0.25, 0.3) is 5.91 Å². The maximum absolute atomic E-state index is 12.5. The summed E-state index contributed by atoms with van der Waals surface area (Å²) in [4.78, 5) is 13.7. The first-order chi connectivity index (χ1) is 13.0. The van der Waals surface area contributed by atoms with Crippen LogP contribution in [0, 0.1) is 0 Å². The van der Waals surface area contributed by atoms with Gasteiger partial charge >= 0.3 is 0 Å². The van der Waals surface area contributed by atoms with Crippen molar-refractivity contribution in [3.05, 3.63) is 46.2 Å². The van der Waals surface area contributed by atoms with Crippen LogP contribution >= 0.6 is 23.1 Å². The van der Waals surface area contributed by atoms with E-state index in [1.54, 1.807) is 29.2 Å². The molecule has 1 aromatic carbocycles. The number of thioether (sulfide) groups is 1. The maximum atomic E-state index is 12.5. The smallest absolute Gasteiger partial charge is 0.251 e. The lowest BCUT2D eigenvalue weighted by atomic mass is 10.2. The summed E-state index contributed by atoms with van der Waals surface area (Å²) in [6.45, 7) is 0.517. The maximum Gasteiger partial charge on any atom is 0.251 e. The molecule has 27 heavy (non-hydrogen) atoms. The Hall–Kier alpha value is -1.55. The van der Waals surface area contributed by atoms with E-state index in [4.69, 9.17) is 4.74 Å². The molecule has 1 saturated carbocycles. The number of nitrogens with one attached hydrogen (secondary N) is 2. The van der Waals surface area contributed by atoms with Gasteiger partial charge in [0, 0.05) is 34.5 Å². The summed E-state index contributed by atoms with van der Waals surface area (Å²) in [6.07, 6.45) is 1.68. The standard InChI is InChI=1S/C18H22N2O4S3/c1-24-16-7-4-13(11-17(16)27(22,23)20-14-5-6-14)18(21)19-8-10-25-12-15-3-2-9-26-15/h2-4,7,9,11,14,20H,5-6,8,10,12H2,1H3,(H,19,21). The van der Waals surface area contributed by atoms with E-state index in [-0.39, 0.29) is 22.6 Å². The van der Waals surface area contributed by atoms with E-state index in [9.17, 15) is 13.2 Å². The Morgan fingerprint density at radius 2 is 2.15 bits per heavy atom. The van der Waals surface area contributed by atoms with Gasteiger partial charge in [0.1, 0.15) is 10.6 Å². The van der Waals surface area contributed by atoms with Gasteiger partial charge in [-0.25, -0.2) is 13.1 Å². The van der Waals surface area contributed by atoms with E-state index in [0.29, 0.717) is 12.1 Å². The van der Waals surface area contributed by atoms with Gasteiger partial charge < -0.3 is 10.1 Å². The van der Waals surface area contributed by atoms with Crippen LogP contribution in [0.4, 0.5) is 0 Å². The van der Waals surface area contributed by atoms with Crippen LogP contribution in [0.2, 0.25) is 0 Å². The predicted molar refractivity (Wildman–Crippen MR) is 109 cm³/mol. The van der Waals surface area contributed by atoms with Crippen molar-refractivity contribution in [3.63, 3.8) is 0 Å². The Morgan fingerprint density at radius 3 is 2.81 bits per heavy atom. The van der Waals surface area contributed by atoms with E-state index < -0.39 is 10.0 Å². The van der Waals surface area contributed by atoms with Gasteiger partial charge in [0.05, 0.1) is 7.11 Å². The molecule has 6 nitrogen and oxygen atoms in total. The molecule has 1 aromatic heterocycles. The Kier molecular flexibility index (Phi) is 6.80. The number of methoxy groups -OCH3 is 1. The fourth-order valence-corrected chi connectivity index (χ4v) is 5.62. The average Bonchev–Trinajstić information content (AvgIpc) is 3.30. The van der Waals surface area contributed by atoms with Crippen molar-refractivity contribution in [2.24, 2.45) is 0 Å². The lowest BCUT2D eigenvalue weighted by molar-refractivity contribution is 0.0956. The number of hydrogen-bond donors (Lipinski definition) is 2. The minimum atomic E-state index is -3.71. The molecule has 146 valence electrons. The highest BCUT2D eigenvalue weighted by atomic mass is 32.2. The van der Waals surface area contributed by atoms with Gasteiger partial charge in [-0.1, -0.05) is 6.07 Å². The van der Waals surface area contributed by atoms with Crippen LogP contribution in [-0.2, 0) is 15.8 Å². The number of hydrogen-bond acceptors (Lipinski definition) is 6. The van der Waals surface area contributed by atoms with Gasteiger partial charge in [0.15, 0.2) is 0 Å². The summed E-state index contributed by atoms with van der Waals surface area (Å²) in [7, 11) is -2.30. The molecule has 1 heterocycles. The molecule has 0 radical (unpaired) electrons. The van der Waals surface area contributed by atoms with Crippen LogP contribution < -0.4 is 14.8 Å². The van der Waals surface area contributed by atoms with Crippen LogP contribution in [-0.4, -0.2) is 39.8 Å². The molecule has 1 aliphatic carbocycles. The monoisotopic (exact) mass is 426 g/mol. The Balaban J connectivity index is 1.58. The largest absolute Gasteiger partial charge is 0.495 e. The second-order valence-electron chi connectivity index (χ2n) is 6.15. The zero-order valence-corrected chi connectivity index (χ0v) is 17.4. The highest BCUT2D eigenvalue weighted by Crippen LogP contribution is 2.28. The van der Waals surface area contributed by atoms with E-state index in [1.165, 1.54) is 24.1 Å². The predicted octanol–water partition coefficient (Wildman–Crippen LogP) is 2.86. The zero-order valence-electron chi connectivity index (χ0n) is 14.9. The molecule has 1 aliphatic rings. The molecule has 1 amide bonds. The normalized spacial score (nSPS) is 14.1. The molecule has 0 spiro atoms. The van der Waals surface area contributed by atoms with Crippen molar-refractivity contribution >= 4 is 39.0 Å². The first kappa shape index (κ1) is 20.2. The summed E-state index contributed by atoms with van der Waals surface area (Å²) < 4.78 is 32.8. The molecule has 0 saturated heterocycles. The number of rotatable bonds is 10. The molecule has 2 N–H and O–H groups in total. The molecular formula is C18H22N2O4S3. The third kappa shape index (κ3) is 5.71. The lowest BCUT2D eigenvalue weighted by Crippen LogP contribution is -2.28. The zero-order chi connectivity index (χ0) is 19.3. The first-order valence-corrected chi connectivity index (χ1v) is 12.1. The summed E-state index contributed by atoms with van der Waals surface area (Å²) in [5, 5.41) is 4.88. The first-order valence-electron chi connectivity index (χ1n) is 8.58. The Bertz CT molecular complexity index is 878. The number of benzene rings is 1. The van der Waals surface area contributed by atoms with Crippen molar-refractivity contribution in [1.82, 2.24) is 10.0 Å². The third-order valence-corrected chi connectivity index (χ3v) is 7.58. The average molecular weight is 427 g/mol. The van der Waals surface area contributed by atoms with Gasteiger partial charge in [-0.05, 0) is 42.5 Å². The number of thiophene rings is 1. The third-order valence-electron chi connectivity index (χ3n) is 3.97.